The van der Waals surface area contributed by atoms with E-state index in [2.05, 4.69) is 45.6 Å². The Morgan fingerprint density at radius 3 is 2.25 bits per heavy atom. The lowest BCUT2D eigenvalue weighted by Crippen LogP contribution is -1.57. The zero-order chi connectivity index (χ0) is 6.20. The molecule has 0 bridgehead atoms. The summed E-state index contributed by atoms with van der Waals surface area (Å²) in [5.74, 6) is 0. The minimum atomic E-state index is -1.49. The standard InChI is InChI=1S/C2H4N2S4/c5-2-1-8(6,7)4-3-2/h1,5-7H. The summed E-state index contributed by atoms with van der Waals surface area (Å²) in [6, 6.07) is 0. The summed E-state index contributed by atoms with van der Waals surface area (Å²) in [7, 11) is -1.49. The fraction of sp³-hybridized carbons (Fsp3) is 0. The molecule has 0 fully saturated rings. The predicted molar refractivity (Wildman–Crippen MR) is 47.5 cm³/mol. The highest BCUT2D eigenvalue weighted by Gasteiger charge is 2.14. The molecule has 1 aliphatic rings. The van der Waals surface area contributed by atoms with Crippen LogP contribution in [0.4, 0.5) is 0 Å². The van der Waals surface area contributed by atoms with Crippen LogP contribution in [0.3, 0.4) is 0 Å². The Kier molecular flexibility index (Phi) is 1.86. The van der Waals surface area contributed by atoms with Crippen LogP contribution >= 0.6 is 44.2 Å². The lowest BCUT2D eigenvalue weighted by Gasteiger charge is -2.08. The van der Waals surface area contributed by atoms with E-state index in [1.165, 1.54) is 0 Å². The maximum atomic E-state index is 4.07. The fourth-order valence-electron chi connectivity index (χ4n) is 0.290. The first-order valence-corrected chi connectivity index (χ1v) is 5.92. The molecule has 8 heavy (non-hydrogen) atoms. The van der Waals surface area contributed by atoms with Gasteiger partial charge in [-0.3, -0.25) is 0 Å². The van der Waals surface area contributed by atoms with Crippen molar-refractivity contribution >= 4 is 44.2 Å². The van der Waals surface area contributed by atoms with Crippen molar-refractivity contribution in [2.75, 3.05) is 0 Å². The van der Waals surface area contributed by atoms with Crippen LogP contribution in [-0.4, -0.2) is 0 Å². The number of hydrogen-bond donors (Lipinski definition) is 3. The predicted octanol–water partition coefficient (Wildman–Crippen LogP) is 2.59. The van der Waals surface area contributed by atoms with Crippen LogP contribution in [0, 0.1) is 0 Å². The van der Waals surface area contributed by atoms with Crippen molar-refractivity contribution in [3.05, 3.63) is 10.4 Å². The molecule has 0 unspecified atom stereocenters. The highest BCUT2D eigenvalue weighted by molar-refractivity contribution is 9.18. The van der Waals surface area contributed by atoms with E-state index in [0.717, 1.165) is 0 Å². The van der Waals surface area contributed by atoms with Gasteiger partial charge in [-0.15, -0.1) is 22.3 Å². The van der Waals surface area contributed by atoms with E-state index in [-0.39, 0.29) is 0 Å². The maximum Gasteiger partial charge on any atom is 0.124 e. The molecule has 1 aliphatic heterocycles. The molecule has 0 aromatic rings. The van der Waals surface area contributed by atoms with E-state index in [4.69, 9.17) is 0 Å². The van der Waals surface area contributed by atoms with E-state index in [0.29, 0.717) is 5.03 Å². The SMILES string of the molecule is SC1=CS(S)(S)N=N1. The third-order valence-electron chi connectivity index (χ3n) is 0.527. The molecular formula is C2H4N2S4. The topological polar surface area (TPSA) is 24.7 Å². The highest BCUT2D eigenvalue weighted by Crippen LogP contribution is 2.64. The van der Waals surface area contributed by atoms with Gasteiger partial charge in [0.05, 0.1) is 0 Å². The van der Waals surface area contributed by atoms with Gasteiger partial charge in [-0.05, 0) is 8.28 Å². The van der Waals surface area contributed by atoms with Crippen LogP contribution < -0.4 is 0 Å². The van der Waals surface area contributed by atoms with E-state index in [1.807, 2.05) is 0 Å². The molecule has 2 nitrogen and oxygen atoms in total. The van der Waals surface area contributed by atoms with Gasteiger partial charge in [0.25, 0.3) is 0 Å². The van der Waals surface area contributed by atoms with Crippen LogP contribution in [0.15, 0.2) is 20.1 Å². The summed E-state index contributed by atoms with van der Waals surface area (Å²) < 4.78 is 3.72. The molecule has 0 aromatic heterocycles. The lowest BCUT2D eigenvalue weighted by molar-refractivity contribution is 1.35. The largest absolute Gasteiger partial charge is 0.136 e. The molecular weight excluding hydrogens is 180 g/mol. The third-order valence-corrected chi connectivity index (χ3v) is 2.85. The molecule has 0 aromatic carbocycles. The van der Waals surface area contributed by atoms with Crippen LogP contribution in [0.1, 0.15) is 0 Å². The molecule has 0 saturated heterocycles. The Balaban J connectivity index is 2.84. The van der Waals surface area contributed by atoms with Crippen molar-refractivity contribution in [1.29, 1.82) is 0 Å². The first kappa shape index (κ1) is 6.85. The zero-order valence-corrected chi connectivity index (χ0v) is 7.22. The van der Waals surface area contributed by atoms with Gasteiger partial charge < -0.3 is 0 Å². The van der Waals surface area contributed by atoms with Crippen molar-refractivity contribution in [2.45, 2.75) is 0 Å². The molecule has 0 aliphatic carbocycles. The molecule has 1 heterocycles. The number of nitrogens with zero attached hydrogens (tertiary/aromatic N) is 2. The molecule has 0 radical (unpaired) electrons. The summed E-state index contributed by atoms with van der Waals surface area (Å²) in [4.78, 5) is 0. The third kappa shape index (κ3) is 1.61. The summed E-state index contributed by atoms with van der Waals surface area (Å²) in [5, 5.41) is 5.95. The molecule has 0 N–H and O–H groups in total. The van der Waals surface area contributed by atoms with Gasteiger partial charge in [0, 0.05) is 5.41 Å². The average molecular weight is 184 g/mol. The summed E-state index contributed by atoms with van der Waals surface area (Å²) in [5.41, 5.74) is 0. The Morgan fingerprint density at radius 1 is 1.50 bits per heavy atom. The molecule has 0 spiro atoms. The van der Waals surface area contributed by atoms with Crippen molar-refractivity contribution < 1.29 is 0 Å². The van der Waals surface area contributed by atoms with Crippen molar-refractivity contribution in [1.82, 2.24) is 0 Å². The molecule has 0 amide bonds. The van der Waals surface area contributed by atoms with Gasteiger partial charge in [-0.25, -0.2) is 0 Å². The van der Waals surface area contributed by atoms with Crippen molar-refractivity contribution in [3.63, 3.8) is 0 Å². The zero-order valence-electron chi connectivity index (χ0n) is 3.72. The monoisotopic (exact) mass is 184 g/mol. The van der Waals surface area contributed by atoms with Crippen molar-refractivity contribution in [3.8, 4) is 0 Å². The van der Waals surface area contributed by atoms with Gasteiger partial charge in [0.2, 0.25) is 0 Å². The lowest BCUT2D eigenvalue weighted by atomic mass is 11.1. The van der Waals surface area contributed by atoms with Gasteiger partial charge in [-0.2, -0.15) is 0 Å². The fourth-order valence-corrected chi connectivity index (χ4v) is 2.76. The second-order valence-electron chi connectivity index (χ2n) is 1.22. The van der Waals surface area contributed by atoms with Gasteiger partial charge in [-0.1, -0.05) is 23.3 Å². The van der Waals surface area contributed by atoms with Crippen LogP contribution in [0.25, 0.3) is 0 Å². The Morgan fingerprint density at radius 2 is 2.12 bits per heavy atom. The number of thiol groups is 3. The second kappa shape index (κ2) is 2.17. The normalized spacial score (nSPS) is 27.6. The Labute approximate surface area is 64.3 Å². The Hall–Kier alpha value is 0.740. The number of rotatable bonds is 0. The quantitative estimate of drug-likeness (QED) is 0.381. The van der Waals surface area contributed by atoms with Crippen molar-refractivity contribution in [2.24, 2.45) is 9.63 Å². The minimum Gasteiger partial charge on any atom is -0.136 e. The summed E-state index contributed by atoms with van der Waals surface area (Å²) in [6.45, 7) is 0. The highest BCUT2D eigenvalue weighted by atomic mass is 33.5. The summed E-state index contributed by atoms with van der Waals surface area (Å²) in [6.07, 6.45) is 0. The van der Waals surface area contributed by atoms with Crippen LogP contribution in [0.2, 0.25) is 0 Å². The summed E-state index contributed by atoms with van der Waals surface area (Å²) >= 11 is 12.1. The first-order valence-electron chi connectivity index (χ1n) is 1.72. The van der Waals surface area contributed by atoms with Crippen LogP contribution in [-0.2, 0) is 0 Å². The van der Waals surface area contributed by atoms with Gasteiger partial charge in [0.1, 0.15) is 5.03 Å². The number of hydrogen-bond acceptors (Lipinski definition) is 5. The molecule has 0 atom stereocenters. The maximum absolute atomic E-state index is 4.07. The minimum absolute atomic E-state index is 0.602. The second-order valence-corrected chi connectivity index (χ2v) is 7.40. The van der Waals surface area contributed by atoms with Gasteiger partial charge in [0.15, 0.2) is 0 Å². The average Bonchev–Trinajstić information content (AvgIpc) is 1.82. The van der Waals surface area contributed by atoms with Crippen LogP contribution in [0.5, 0.6) is 0 Å². The Bertz CT molecular complexity index is 159. The molecule has 1 rings (SSSR count). The van der Waals surface area contributed by atoms with E-state index in [1.54, 1.807) is 5.41 Å². The van der Waals surface area contributed by atoms with E-state index in [9.17, 15) is 0 Å². The molecule has 6 heteroatoms. The molecule has 0 saturated carbocycles. The smallest absolute Gasteiger partial charge is 0.124 e. The van der Waals surface area contributed by atoms with E-state index >= 15 is 0 Å². The molecule has 46 valence electrons. The van der Waals surface area contributed by atoms with E-state index < -0.39 is 8.28 Å². The van der Waals surface area contributed by atoms with Gasteiger partial charge >= 0.3 is 0 Å². The first-order chi connectivity index (χ1) is 3.60.